The van der Waals surface area contributed by atoms with Gasteiger partial charge in [-0.15, -0.1) is 0 Å². The third-order valence-corrected chi connectivity index (χ3v) is 4.28. The molecule has 1 aliphatic rings. The predicted octanol–water partition coefficient (Wildman–Crippen LogP) is 4.63. The van der Waals surface area contributed by atoms with E-state index in [1.54, 1.807) is 12.1 Å². The van der Waals surface area contributed by atoms with Crippen molar-refractivity contribution in [2.75, 3.05) is 0 Å². The smallest absolute Gasteiger partial charge is 0.335 e. The Hall–Kier alpha value is -2.09. The van der Waals surface area contributed by atoms with Crippen LogP contribution < -0.4 is 0 Å². The molecular formula is C18H18O2. The molecule has 0 spiro atoms. The van der Waals surface area contributed by atoms with Gasteiger partial charge in [0.25, 0.3) is 0 Å². The summed E-state index contributed by atoms with van der Waals surface area (Å²) >= 11 is 0. The second-order valence-corrected chi connectivity index (χ2v) is 5.55. The van der Waals surface area contributed by atoms with Gasteiger partial charge in [0.05, 0.1) is 5.56 Å². The third kappa shape index (κ3) is 2.22. The van der Waals surface area contributed by atoms with Crippen LogP contribution in [-0.2, 0) is 0 Å². The van der Waals surface area contributed by atoms with Gasteiger partial charge in [-0.25, -0.2) is 4.79 Å². The van der Waals surface area contributed by atoms with Gasteiger partial charge in [-0.3, -0.25) is 0 Å². The highest BCUT2D eigenvalue weighted by Crippen LogP contribution is 2.41. The Labute approximate surface area is 119 Å². The van der Waals surface area contributed by atoms with E-state index in [1.165, 1.54) is 30.4 Å². The Kier molecular flexibility index (Phi) is 3.31. The first-order valence-corrected chi connectivity index (χ1v) is 7.10. The van der Waals surface area contributed by atoms with Gasteiger partial charge in [0.2, 0.25) is 0 Å². The molecule has 1 aliphatic carbocycles. The van der Waals surface area contributed by atoms with Crippen molar-refractivity contribution in [3.8, 4) is 11.1 Å². The summed E-state index contributed by atoms with van der Waals surface area (Å²) < 4.78 is 0. The summed E-state index contributed by atoms with van der Waals surface area (Å²) in [4.78, 5) is 11.2. The van der Waals surface area contributed by atoms with Crippen molar-refractivity contribution >= 4 is 5.97 Å². The molecule has 0 heterocycles. The number of hydrogen-bond donors (Lipinski definition) is 1. The average Bonchev–Trinajstić information content (AvgIpc) is 2.38. The van der Waals surface area contributed by atoms with Gasteiger partial charge in [-0.1, -0.05) is 36.8 Å². The van der Waals surface area contributed by atoms with Gasteiger partial charge >= 0.3 is 5.97 Å². The Morgan fingerprint density at radius 3 is 2.50 bits per heavy atom. The van der Waals surface area contributed by atoms with Crippen molar-refractivity contribution < 1.29 is 9.90 Å². The van der Waals surface area contributed by atoms with E-state index in [4.69, 9.17) is 0 Å². The van der Waals surface area contributed by atoms with Crippen molar-refractivity contribution in [2.24, 2.45) is 0 Å². The summed E-state index contributed by atoms with van der Waals surface area (Å²) in [5.74, 6) is -0.230. The van der Waals surface area contributed by atoms with Crippen molar-refractivity contribution in [2.45, 2.75) is 32.1 Å². The summed E-state index contributed by atoms with van der Waals surface area (Å²) in [7, 11) is 0. The summed E-state index contributed by atoms with van der Waals surface area (Å²) in [5.41, 5.74) is 5.09. The number of carbonyl (C=O) groups is 1. The Morgan fingerprint density at radius 1 is 1.10 bits per heavy atom. The molecule has 0 bridgehead atoms. The summed E-state index contributed by atoms with van der Waals surface area (Å²) in [6.45, 7) is 2.04. The van der Waals surface area contributed by atoms with Crippen LogP contribution in [0.15, 0.2) is 42.5 Å². The molecule has 0 amide bonds. The number of aromatic carboxylic acids is 1. The molecule has 20 heavy (non-hydrogen) atoms. The molecule has 0 unspecified atom stereocenters. The first kappa shape index (κ1) is 12.9. The van der Waals surface area contributed by atoms with E-state index in [-0.39, 0.29) is 0 Å². The molecule has 2 aromatic rings. The van der Waals surface area contributed by atoms with Crippen molar-refractivity contribution in [3.63, 3.8) is 0 Å². The van der Waals surface area contributed by atoms with Crippen molar-refractivity contribution in [3.05, 3.63) is 59.2 Å². The van der Waals surface area contributed by atoms with Crippen LogP contribution >= 0.6 is 0 Å². The molecule has 0 radical (unpaired) electrons. The fourth-order valence-corrected chi connectivity index (χ4v) is 2.86. The number of hydrogen-bond acceptors (Lipinski definition) is 1. The quantitative estimate of drug-likeness (QED) is 0.879. The third-order valence-electron chi connectivity index (χ3n) is 4.28. The molecule has 2 nitrogen and oxygen atoms in total. The van der Waals surface area contributed by atoms with Gasteiger partial charge in [0.15, 0.2) is 0 Å². The maximum Gasteiger partial charge on any atom is 0.335 e. The van der Waals surface area contributed by atoms with Crippen LogP contribution in [0.1, 0.15) is 46.7 Å². The monoisotopic (exact) mass is 266 g/mol. The van der Waals surface area contributed by atoms with Gasteiger partial charge in [-0.2, -0.15) is 0 Å². The molecular weight excluding hydrogens is 248 g/mol. The summed E-state index contributed by atoms with van der Waals surface area (Å²) in [6, 6.07) is 13.8. The molecule has 0 aromatic heterocycles. The topological polar surface area (TPSA) is 37.3 Å². The highest BCUT2D eigenvalue weighted by Gasteiger charge is 2.23. The van der Waals surface area contributed by atoms with E-state index in [1.807, 2.05) is 19.1 Å². The maximum atomic E-state index is 11.2. The lowest BCUT2D eigenvalue weighted by molar-refractivity contribution is 0.0697. The van der Waals surface area contributed by atoms with Crippen LogP contribution in [0.3, 0.4) is 0 Å². The zero-order valence-electron chi connectivity index (χ0n) is 11.6. The van der Waals surface area contributed by atoms with Crippen LogP contribution in [0.5, 0.6) is 0 Å². The first-order chi connectivity index (χ1) is 9.66. The highest BCUT2D eigenvalue weighted by atomic mass is 16.4. The fraction of sp³-hybridized carbons (Fsp3) is 0.278. The molecule has 102 valence electrons. The SMILES string of the molecule is Cc1ccc(C(=O)O)cc1-c1ccccc1C1CCC1. The molecule has 0 saturated heterocycles. The Balaban J connectivity index is 2.13. The summed E-state index contributed by atoms with van der Waals surface area (Å²) in [5, 5.41) is 9.18. The standard InChI is InChI=1S/C18H18O2/c1-12-9-10-14(18(19)20)11-17(12)16-8-3-2-7-15(16)13-5-4-6-13/h2-3,7-11,13H,4-6H2,1H3,(H,19,20). The van der Waals surface area contributed by atoms with Crippen molar-refractivity contribution in [1.29, 1.82) is 0 Å². The number of aryl methyl sites for hydroxylation is 1. The minimum Gasteiger partial charge on any atom is -0.478 e. The van der Waals surface area contributed by atoms with E-state index in [0.717, 1.165) is 11.1 Å². The molecule has 3 rings (SSSR count). The zero-order valence-corrected chi connectivity index (χ0v) is 11.6. The fourth-order valence-electron chi connectivity index (χ4n) is 2.86. The van der Waals surface area contributed by atoms with E-state index < -0.39 is 5.97 Å². The van der Waals surface area contributed by atoms with Crippen LogP contribution in [-0.4, -0.2) is 11.1 Å². The number of benzene rings is 2. The summed E-state index contributed by atoms with van der Waals surface area (Å²) in [6.07, 6.45) is 3.79. The Morgan fingerprint density at radius 2 is 1.85 bits per heavy atom. The van der Waals surface area contributed by atoms with E-state index in [9.17, 15) is 9.90 Å². The van der Waals surface area contributed by atoms with Gasteiger partial charge in [0, 0.05) is 0 Å². The lowest BCUT2D eigenvalue weighted by Crippen LogP contribution is -2.10. The van der Waals surface area contributed by atoms with Crippen LogP contribution in [0.4, 0.5) is 0 Å². The molecule has 1 saturated carbocycles. The lowest BCUT2D eigenvalue weighted by atomic mass is 9.77. The molecule has 0 atom stereocenters. The van der Waals surface area contributed by atoms with Crippen molar-refractivity contribution in [1.82, 2.24) is 0 Å². The van der Waals surface area contributed by atoms with Crippen LogP contribution in [0, 0.1) is 6.92 Å². The van der Waals surface area contributed by atoms with E-state index in [0.29, 0.717) is 11.5 Å². The van der Waals surface area contributed by atoms with Gasteiger partial charge in [0.1, 0.15) is 0 Å². The van der Waals surface area contributed by atoms with Crippen LogP contribution in [0.2, 0.25) is 0 Å². The Bertz CT molecular complexity index is 654. The minimum absolute atomic E-state index is 0.356. The predicted molar refractivity (Wildman–Crippen MR) is 80.2 cm³/mol. The lowest BCUT2D eigenvalue weighted by Gasteiger charge is -2.28. The highest BCUT2D eigenvalue weighted by molar-refractivity contribution is 5.90. The number of carboxylic acid groups (broad SMARTS) is 1. The largest absolute Gasteiger partial charge is 0.478 e. The number of rotatable bonds is 3. The normalized spacial score (nSPS) is 14.8. The van der Waals surface area contributed by atoms with E-state index >= 15 is 0 Å². The second kappa shape index (κ2) is 5.12. The molecule has 2 heteroatoms. The van der Waals surface area contributed by atoms with Crippen LogP contribution in [0.25, 0.3) is 11.1 Å². The second-order valence-electron chi connectivity index (χ2n) is 5.55. The molecule has 0 aliphatic heterocycles. The van der Waals surface area contributed by atoms with Gasteiger partial charge < -0.3 is 5.11 Å². The van der Waals surface area contributed by atoms with Gasteiger partial charge in [-0.05, 0) is 60.1 Å². The minimum atomic E-state index is -0.868. The molecule has 1 N–H and O–H groups in total. The maximum absolute atomic E-state index is 11.2. The molecule has 2 aromatic carbocycles. The zero-order chi connectivity index (χ0) is 14.1. The first-order valence-electron chi connectivity index (χ1n) is 7.10. The number of carboxylic acids is 1. The van der Waals surface area contributed by atoms with E-state index in [2.05, 4.69) is 18.2 Å². The average molecular weight is 266 g/mol. The molecule has 1 fully saturated rings.